The molecule has 2 rings (SSSR count). The fraction of sp³-hybridized carbons (Fsp3) is 0.143. The third-order valence-corrected chi connectivity index (χ3v) is 2.77. The van der Waals surface area contributed by atoms with Crippen LogP contribution in [0.25, 0.3) is 0 Å². The van der Waals surface area contributed by atoms with Gasteiger partial charge in [0.2, 0.25) is 0 Å². The maximum Gasteiger partial charge on any atom is 0.292 e. The van der Waals surface area contributed by atoms with Gasteiger partial charge in [-0.15, -0.1) is 0 Å². The van der Waals surface area contributed by atoms with Crippen LogP contribution in [0.3, 0.4) is 0 Å². The van der Waals surface area contributed by atoms with E-state index in [4.69, 9.17) is 5.26 Å². The topological polar surface area (TPSA) is 91.8 Å². The molecule has 6 nitrogen and oxygen atoms in total. The minimum atomic E-state index is -0.465. The molecule has 0 saturated heterocycles. The summed E-state index contributed by atoms with van der Waals surface area (Å²) in [5, 5.41) is 22.8. The summed E-state index contributed by atoms with van der Waals surface area (Å²) in [7, 11) is 0. The molecule has 2 aromatic rings. The lowest BCUT2D eigenvalue weighted by Crippen LogP contribution is -2.07. The van der Waals surface area contributed by atoms with E-state index < -0.39 is 4.92 Å². The second-order valence-corrected chi connectivity index (χ2v) is 4.14. The number of hydrogen-bond donors (Lipinski definition) is 1. The third-order valence-electron chi connectivity index (χ3n) is 2.77. The van der Waals surface area contributed by atoms with Gasteiger partial charge in [-0.05, 0) is 30.2 Å². The zero-order valence-corrected chi connectivity index (χ0v) is 10.6. The van der Waals surface area contributed by atoms with Crippen LogP contribution < -0.4 is 5.32 Å². The minimum Gasteiger partial charge on any atom is -0.379 e. The number of nitrogens with one attached hydrogen (secondary N) is 1. The van der Waals surface area contributed by atoms with E-state index in [1.54, 1.807) is 12.4 Å². The van der Waals surface area contributed by atoms with Crippen molar-refractivity contribution in [1.82, 2.24) is 4.98 Å². The van der Waals surface area contributed by atoms with Crippen molar-refractivity contribution in [3.05, 3.63) is 64.0 Å². The molecule has 0 bridgehead atoms. The summed E-state index contributed by atoms with van der Waals surface area (Å²) in [5.41, 5.74) is 1.76. The lowest BCUT2D eigenvalue weighted by molar-refractivity contribution is -0.384. The Hall–Kier alpha value is -2.94. The Bertz CT molecular complexity index is 650. The van der Waals surface area contributed by atoms with Gasteiger partial charge < -0.3 is 5.32 Å². The average Bonchev–Trinajstić information content (AvgIpc) is 2.48. The van der Waals surface area contributed by atoms with Gasteiger partial charge >= 0.3 is 0 Å². The smallest absolute Gasteiger partial charge is 0.292 e. The summed E-state index contributed by atoms with van der Waals surface area (Å²) in [4.78, 5) is 14.5. The van der Waals surface area contributed by atoms with Crippen molar-refractivity contribution in [3.8, 4) is 6.07 Å². The lowest BCUT2D eigenvalue weighted by Gasteiger charge is -2.07. The van der Waals surface area contributed by atoms with Crippen LogP contribution in [0.4, 0.5) is 11.4 Å². The van der Waals surface area contributed by atoms with Gasteiger partial charge in [-0.3, -0.25) is 15.1 Å². The SMILES string of the molecule is N#Cc1ccc([N+](=O)[O-])c(NCCc2cccnc2)c1. The molecule has 1 N–H and O–H groups in total. The summed E-state index contributed by atoms with van der Waals surface area (Å²) < 4.78 is 0. The van der Waals surface area contributed by atoms with Crippen molar-refractivity contribution in [2.75, 3.05) is 11.9 Å². The van der Waals surface area contributed by atoms with Crippen LogP contribution in [0.1, 0.15) is 11.1 Å². The number of nitriles is 1. The molecule has 0 spiro atoms. The number of rotatable bonds is 5. The normalized spacial score (nSPS) is 9.75. The van der Waals surface area contributed by atoms with Crippen LogP contribution in [-0.4, -0.2) is 16.5 Å². The van der Waals surface area contributed by atoms with Crippen molar-refractivity contribution in [2.24, 2.45) is 0 Å². The highest BCUT2D eigenvalue weighted by Gasteiger charge is 2.13. The van der Waals surface area contributed by atoms with E-state index >= 15 is 0 Å². The van der Waals surface area contributed by atoms with Gasteiger partial charge in [0.25, 0.3) is 5.69 Å². The number of pyridine rings is 1. The lowest BCUT2D eigenvalue weighted by atomic mass is 10.1. The zero-order valence-electron chi connectivity index (χ0n) is 10.6. The van der Waals surface area contributed by atoms with Crippen LogP contribution in [0.15, 0.2) is 42.7 Å². The van der Waals surface area contributed by atoms with E-state index in [1.165, 1.54) is 18.2 Å². The largest absolute Gasteiger partial charge is 0.379 e. The van der Waals surface area contributed by atoms with Crippen LogP contribution >= 0.6 is 0 Å². The zero-order chi connectivity index (χ0) is 14.4. The Kier molecular flexibility index (Phi) is 4.24. The molecule has 1 aromatic carbocycles. The summed E-state index contributed by atoms with van der Waals surface area (Å²) in [5.74, 6) is 0. The van der Waals surface area contributed by atoms with Crippen molar-refractivity contribution in [2.45, 2.75) is 6.42 Å². The maximum absolute atomic E-state index is 10.9. The molecule has 0 atom stereocenters. The summed E-state index contributed by atoms with van der Waals surface area (Å²) in [6.07, 6.45) is 4.14. The highest BCUT2D eigenvalue weighted by atomic mass is 16.6. The molecule has 20 heavy (non-hydrogen) atoms. The van der Waals surface area contributed by atoms with Gasteiger partial charge in [-0.25, -0.2) is 0 Å². The van der Waals surface area contributed by atoms with Crippen LogP contribution in [0.2, 0.25) is 0 Å². The van der Waals surface area contributed by atoms with E-state index in [0.29, 0.717) is 24.2 Å². The van der Waals surface area contributed by atoms with Crippen molar-refractivity contribution < 1.29 is 4.92 Å². The van der Waals surface area contributed by atoms with E-state index in [2.05, 4.69) is 10.3 Å². The molecule has 0 radical (unpaired) electrons. The monoisotopic (exact) mass is 268 g/mol. The molecular weight excluding hydrogens is 256 g/mol. The minimum absolute atomic E-state index is 0.0322. The number of nitro benzene ring substituents is 1. The van der Waals surface area contributed by atoms with Crippen LogP contribution in [-0.2, 0) is 6.42 Å². The van der Waals surface area contributed by atoms with Crippen LogP contribution in [0.5, 0.6) is 0 Å². The first-order valence-electron chi connectivity index (χ1n) is 6.02. The molecule has 100 valence electrons. The molecule has 0 aliphatic heterocycles. The molecule has 0 aliphatic rings. The van der Waals surface area contributed by atoms with Gasteiger partial charge in [0.15, 0.2) is 0 Å². The maximum atomic E-state index is 10.9. The summed E-state index contributed by atoms with van der Waals surface area (Å²) in [6, 6.07) is 10.0. The number of nitrogens with zero attached hydrogens (tertiary/aromatic N) is 3. The Morgan fingerprint density at radius 3 is 2.90 bits per heavy atom. The molecule has 0 unspecified atom stereocenters. The number of hydrogen-bond acceptors (Lipinski definition) is 5. The first kappa shape index (κ1) is 13.5. The fourth-order valence-corrected chi connectivity index (χ4v) is 1.79. The Balaban J connectivity index is 2.08. The number of anilines is 1. The number of aromatic nitrogens is 1. The quantitative estimate of drug-likeness (QED) is 0.664. The van der Waals surface area contributed by atoms with Crippen molar-refractivity contribution in [3.63, 3.8) is 0 Å². The average molecular weight is 268 g/mol. The number of benzene rings is 1. The first-order chi connectivity index (χ1) is 9.70. The second kappa shape index (κ2) is 6.29. The standard InChI is InChI=1S/C14H12N4O2/c15-9-12-3-4-14(18(19)20)13(8-12)17-7-5-11-2-1-6-16-10-11/h1-4,6,8,10,17H,5,7H2. The summed E-state index contributed by atoms with van der Waals surface area (Å²) >= 11 is 0. The Morgan fingerprint density at radius 2 is 2.25 bits per heavy atom. The summed E-state index contributed by atoms with van der Waals surface area (Å²) in [6.45, 7) is 0.529. The van der Waals surface area contributed by atoms with Gasteiger partial charge in [0.05, 0.1) is 16.6 Å². The van der Waals surface area contributed by atoms with Gasteiger partial charge in [0.1, 0.15) is 5.69 Å². The third kappa shape index (κ3) is 3.29. The molecule has 0 fully saturated rings. The van der Waals surface area contributed by atoms with Gasteiger partial charge in [-0.1, -0.05) is 6.07 Å². The van der Waals surface area contributed by atoms with Crippen LogP contribution in [0, 0.1) is 21.4 Å². The molecule has 0 saturated carbocycles. The van der Waals surface area contributed by atoms with E-state index in [0.717, 1.165) is 5.56 Å². The first-order valence-corrected chi connectivity index (χ1v) is 6.02. The molecule has 1 aromatic heterocycles. The van der Waals surface area contributed by atoms with Gasteiger partial charge in [0, 0.05) is 25.0 Å². The molecule has 0 aliphatic carbocycles. The molecule has 0 amide bonds. The predicted octanol–water partition coefficient (Wildman–Crippen LogP) is 2.52. The van der Waals surface area contributed by atoms with Crippen molar-refractivity contribution in [1.29, 1.82) is 5.26 Å². The second-order valence-electron chi connectivity index (χ2n) is 4.14. The highest BCUT2D eigenvalue weighted by Crippen LogP contribution is 2.25. The Labute approximate surface area is 115 Å². The Morgan fingerprint density at radius 1 is 1.40 bits per heavy atom. The highest BCUT2D eigenvalue weighted by molar-refractivity contribution is 5.64. The molecule has 6 heteroatoms. The predicted molar refractivity (Wildman–Crippen MR) is 74.2 cm³/mol. The van der Waals surface area contributed by atoms with E-state index in [1.807, 2.05) is 18.2 Å². The van der Waals surface area contributed by atoms with E-state index in [9.17, 15) is 10.1 Å². The van der Waals surface area contributed by atoms with Gasteiger partial charge in [-0.2, -0.15) is 5.26 Å². The van der Waals surface area contributed by atoms with E-state index in [-0.39, 0.29) is 5.69 Å². The molecule has 1 heterocycles. The van der Waals surface area contributed by atoms with Crippen molar-refractivity contribution >= 4 is 11.4 Å². The fourth-order valence-electron chi connectivity index (χ4n) is 1.79. The molecular formula is C14H12N4O2. The number of nitro groups is 1.